The Morgan fingerprint density at radius 3 is 3.09 bits per heavy atom. The van der Waals surface area contributed by atoms with Crippen LogP contribution in [0.5, 0.6) is 0 Å². The van der Waals surface area contributed by atoms with Crippen molar-refractivity contribution in [3.63, 3.8) is 0 Å². The molecule has 6 heteroatoms. The van der Waals surface area contributed by atoms with Crippen molar-refractivity contribution in [2.45, 2.75) is 25.8 Å². The predicted octanol–water partition coefficient (Wildman–Crippen LogP) is 1.33. The quantitative estimate of drug-likeness (QED) is 0.903. The van der Waals surface area contributed by atoms with Crippen LogP contribution in [0.1, 0.15) is 19.3 Å². The van der Waals surface area contributed by atoms with Crippen LogP contribution < -0.4 is 10.7 Å². The fourth-order valence-corrected chi connectivity index (χ4v) is 2.86. The standard InChI is InChI=1S/C17H21N3O3/c21-16-11-19-20(15-6-2-1-5-14(15)16)8-7-17(22)18-10-13-4-3-9-23-12-13/h1-2,5-6,11,13H,3-4,7-10,12H2,(H,18,22)/t13-/m0/s1. The summed E-state index contributed by atoms with van der Waals surface area (Å²) < 4.78 is 7.12. The first-order chi connectivity index (χ1) is 11.2. The van der Waals surface area contributed by atoms with Crippen molar-refractivity contribution in [2.24, 2.45) is 5.92 Å². The average molecular weight is 315 g/mol. The molecule has 1 saturated heterocycles. The Morgan fingerprint density at radius 1 is 1.39 bits per heavy atom. The number of benzene rings is 1. The number of nitrogens with zero attached hydrogens (tertiary/aromatic N) is 2. The summed E-state index contributed by atoms with van der Waals surface area (Å²) in [4.78, 5) is 23.8. The first-order valence-corrected chi connectivity index (χ1v) is 8.03. The number of para-hydroxylation sites is 1. The van der Waals surface area contributed by atoms with Crippen LogP contribution in [0.15, 0.2) is 35.3 Å². The molecule has 1 aliphatic rings. The lowest BCUT2D eigenvalue weighted by atomic mass is 10.0. The van der Waals surface area contributed by atoms with Gasteiger partial charge in [0.25, 0.3) is 0 Å². The monoisotopic (exact) mass is 315 g/mol. The van der Waals surface area contributed by atoms with Crippen molar-refractivity contribution in [1.82, 2.24) is 15.1 Å². The number of carbonyl (C=O) groups excluding carboxylic acids is 1. The van der Waals surface area contributed by atoms with Gasteiger partial charge in [-0.1, -0.05) is 12.1 Å². The van der Waals surface area contributed by atoms with E-state index >= 15 is 0 Å². The van der Waals surface area contributed by atoms with Crippen LogP contribution in [0.2, 0.25) is 0 Å². The maximum Gasteiger partial charge on any atom is 0.221 e. The second-order valence-corrected chi connectivity index (χ2v) is 5.89. The van der Waals surface area contributed by atoms with Gasteiger partial charge in [0.15, 0.2) is 0 Å². The zero-order chi connectivity index (χ0) is 16.1. The van der Waals surface area contributed by atoms with E-state index in [0.29, 0.717) is 30.8 Å². The first kappa shape index (κ1) is 15.7. The Balaban J connectivity index is 1.57. The molecule has 2 aromatic rings. The van der Waals surface area contributed by atoms with Crippen molar-refractivity contribution in [1.29, 1.82) is 0 Å². The summed E-state index contributed by atoms with van der Waals surface area (Å²) in [7, 11) is 0. The van der Waals surface area contributed by atoms with Crippen molar-refractivity contribution < 1.29 is 9.53 Å². The molecule has 23 heavy (non-hydrogen) atoms. The van der Waals surface area contributed by atoms with E-state index in [1.165, 1.54) is 6.20 Å². The lowest BCUT2D eigenvalue weighted by molar-refractivity contribution is -0.121. The van der Waals surface area contributed by atoms with E-state index < -0.39 is 0 Å². The molecular formula is C17H21N3O3. The third-order valence-corrected chi connectivity index (χ3v) is 4.16. The van der Waals surface area contributed by atoms with Gasteiger partial charge >= 0.3 is 0 Å². The molecule has 0 radical (unpaired) electrons. The highest BCUT2D eigenvalue weighted by atomic mass is 16.5. The molecule has 1 aromatic heterocycles. The van der Waals surface area contributed by atoms with Gasteiger partial charge in [0.05, 0.1) is 24.9 Å². The maximum atomic E-state index is 12.0. The van der Waals surface area contributed by atoms with E-state index in [-0.39, 0.29) is 11.3 Å². The van der Waals surface area contributed by atoms with E-state index in [9.17, 15) is 9.59 Å². The maximum absolute atomic E-state index is 12.0. The van der Waals surface area contributed by atoms with Gasteiger partial charge in [-0.2, -0.15) is 5.10 Å². The minimum atomic E-state index is -0.0985. The summed E-state index contributed by atoms with van der Waals surface area (Å²) in [5.74, 6) is 0.416. The van der Waals surface area contributed by atoms with Gasteiger partial charge in [0, 0.05) is 25.0 Å². The molecule has 1 aliphatic heterocycles. The molecule has 6 nitrogen and oxygen atoms in total. The molecule has 1 atom stereocenters. The van der Waals surface area contributed by atoms with Crippen LogP contribution >= 0.6 is 0 Å². The number of aromatic nitrogens is 2. The Morgan fingerprint density at radius 2 is 2.26 bits per heavy atom. The Labute approximate surface area is 134 Å². The Bertz CT molecular complexity index is 735. The van der Waals surface area contributed by atoms with E-state index in [0.717, 1.165) is 31.6 Å². The third-order valence-electron chi connectivity index (χ3n) is 4.16. The SMILES string of the molecule is O=C(CCn1ncc(=O)c2ccccc21)NC[C@@H]1CCCOC1. The largest absolute Gasteiger partial charge is 0.381 e. The Kier molecular flexibility index (Phi) is 5.02. The first-order valence-electron chi connectivity index (χ1n) is 8.03. The van der Waals surface area contributed by atoms with E-state index in [2.05, 4.69) is 10.4 Å². The molecular weight excluding hydrogens is 294 g/mol. The second kappa shape index (κ2) is 7.37. The van der Waals surface area contributed by atoms with Crippen LogP contribution in [-0.4, -0.2) is 35.4 Å². The highest BCUT2D eigenvalue weighted by Gasteiger charge is 2.14. The van der Waals surface area contributed by atoms with Gasteiger partial charge in [-0.05, 0) is 30.9 Å². The van der Waals surface area contributed by atoms with Gasteiger partial charge in [-0.25, -0.2) is 0 Å². The van der Waals surface area contributed by atoms with E-state index in [1.54, 1.807) is 10.7 Å². The van der Waals surface area contributed by atoms with Crippen LogP contribution in [-0.2, 0) is 16.1 Å². The van der Waals surface area contributed by atoms with Crippen LogP contribution in [0.4, 0.5) is 0 Å². The second-order valence-electron chi connectivity index (χ2n) is 5.89. The molecule has 1 N–H and O–H groups in total. The molecule has 1 amide bonds. The minimum Gasteiger partial charge on any atom is -0.381 e. The molecule has 0 saturated carbocycles. The minimum absolute atomic E-state index is 0.000143. The highest BCUT2D eigenvalue weighted by Crippen LogP contribution is 2.12. The molecule has 0 spiro atoms. The lowest BCUT2D eigenvalue weighted by Crippen LogP contribution is -2.33. The number of nitrogens with one attached hydrogen (secondary N) is 1. The number of carbonyl (C=O) groups is 1. The number of aryl methyl sites for hydroxylation is 1. The molecule has 1 fully saturated rings. The number of hydrogen-bond acceptors (Lipinski definition) is 4. The number of ether oxygens (including phenoxy) is 1. The molecule has 122 valence electrons. The van der Waals surface area contributed by atoms with E-state index in [4.69, 9.17) is 4.74 Å². The van der Waals surface area contributed by atoms with Crippen LogP contribution in [0.3, 0.4) is 0 Å². The van der Waals surface area contributed by atoms with Gasteiger partial charge < -0.3 is 10.1 Å². The molecule has 0 aliphatic carbocycles. The highest BCUT2D eigenvalue weighted by molar-refractivity contribution is 5.79. The molecule has 2 heterocycles. The smallest absolute Gasteiger partial charge is 0.221 e. The molecule has 1 aromatic carbocycles. The zero-order valence-corrected chi connectivity index (χ0v) is 13.0. The van der Waals surface area contributed by atoms with Crippen molar-refractivity contribution in [2.75, 3.05) is 19.8 Å². The van der Waals surface area contributed by atoms with Crippen molar-refractivity contribution in [3.8, 4) is 0 Å². The summed E-state index contributed by atoms with van der Waals surface area (Å²) >= 11 is 0. The topological polar surface area (TPSA) is 73.2 Å². The van der Waals surface area contributed by atoms with Gasteiger partial charge in [0.1, 0.15) is 0 Å². The Hall–Kier alpha value is -2.21. The fraction of sp³-hybridized carbons (Fsp3) is 0.471. The molecule has 0 unspecified atom stereocenters. The fourth-order valence-electron chi connectivity index (χ4n) is 2.86. The summed E-state index contributed by atoms with van der Waals surface area (Å²) in [6, 6.07) is 7.32. The summed E-state index contributed by atoms with van der Waals surface area (Å²) in [6.07, 6.45) is 3.81. The molecule has 0 bridgehead atoms. The van der Waals surface area contributed by atoms with E-state index in [1.807, 2.05) is 18.2 Å². The number of amides is 1. The summed E-state index contributed by atoms with van der Waals surface area (Å²) in [6.45, 7) is 2.67. The summed E-state index contributed by atoms with van der Waals surface area (Å²) in [5.41, 5.74) is 0.659. The number of rotatable bonds is 5. The van der Waals surface area contributed by atoms with Gasteiger partial charge in [-0.15, -0.1) is 0 Å². The third kappa shape index (κ3) is 3.96. The number of fused-ring (bicyclic) bond motifs is 1. The lowest BCUT2D eigenvalue weighted by Gasteiger charge is -2.22. The summed E-state index contributed by atoms with van der Waals surface area (Å²) in [5, 5.41) is 7.72. The predicted molar refractivity (Wildman–Crippen MR) is 87.2 cm³/mol. The average Bonchev–Trinajstić information content (AvgIpc) is 2.60. The van der Waals surface area contributed by atoms with Crippen LogP contribution in [0, 0.1) is 5.92 Å². The van der Waals surface area contributed by atoms with Crippen molar-refractivity contribution >= 4 is 16.8 Å². The van der Waals surface area contributed by atoms with Gasteiger partial charge in [0.2, 0.25) is 11.3 Å². The molecule has 3 rings (SSSR count). The van der Waals surface area contributed by atoms with Crippen molar-refractivity contribution in [3.05, 3.63) is 40.7 Å². The zero-order valence-electron chi connectivity index (χ0n) is 13.0. The van der Waals surface area contributed by atoms with Crippen LogP contribution in [0.25, 0.3) is 10.9 Å². The van der Waals surface area contributed by atoms with Gasteiger partial charge in [-0.3, -0.25) is 14.3 Å². The number of hydrogen-bond donors (Lipinski definition) is 1. The normalized spacial score (nSPS) is 18.0.